The van der Waals surface area contributed by atoms with Gasteiger partial charge in [0.15, 0.2) is 0 Å². The molecule has 0 bridgehead atoms. The van der Waals surface area contributed by atoms with Gasteiger partial charge in [-0.25, -0.2) is 4.79 Å². The molecule has 0 saturated carbocycles. The van der Waals surface area contributed by atoms with Gasteiger partial charge in [0.25, 0.3) is 0 Å². The third-order valence-corrected chi connectivity index (χ3v) is 1.99. The van der Waals surface area contributed by atoms with Crippen molar-refractivity contribution >= 4 is 5.97 Å². The van der Waals surface area contributed by atoms with E-state index in [9.17, 15) is 4.79 Å². The minimum atomic E-state index is -0.392. The van der Waals surface area contributed by atoms with Crippen LogP contribution in [0.25, 0.3) is 0 Å². The maximum Gasteiger partial charge on any atom is 0.352 e. The number of carbonyl (C=O) groups excluding carboxylic acids is 1. The van der Waals surface area contributed by atoms with Gasteiger partial charge in [-0.3, -0.25) is 0 Å². The molecular weight excluding hydrogens is 154 g/mol. The standard InChI is InChI=1S/C9H17NO2/c1-4-7(5-2)8(6-3)9(11)12-10/h4-6,10H2,1-3H3. The second kappa shape index (κ2) is 5.77. The molecule has 0 unspecified atom stereocenters. The molecular formula is C9H17NO2. The number of hydrogen-bond donors (Lipinski definition) is 1. The lowest BCUT2D eigenvalue weighted by atomic mass is 10.0. The average molecular weight is 171 g/mol. The van der Waals surface area contributed by atoms with Gasteiger partial charge in [-0.05, 0) is 19.3 Å². The molecule has 2 N–H and O–H groups in total. The van der Waals surface area contributed by atoms with E-state index in [-0.39, 0.29) is 0 Å². The van der Waals surface area contributed by atoms with E-state index in [1.807, 2.05) is 20.8 Å². The van der Waals surface area contributed by atoms with Crippen molar-refractivity contribution in [2.45, 2.75) is 40.0 Å². The molecule has 0 atom stereocenters. The Kier molecular flexibility index (Phi) is 5.37. The van der Waals surface area contributed by atoms with Gasteiger partial charge in [0, 0.05) is 5.57 Å². The van der Waals surface area contributed by atoms with Crippen LogP contribution in [-0.4, -0.2) is 5.97 Å². The Morgan fingerprint density at radius 2 is 1.67 bits per heavy atom. The first-order valence-corrected chi connectivity index (χ1v) is 4.33. The number of carbonyl (C=O) groups is 1. The molecule has 3 heteroatoms. The molecule has 0 amide bonds. The highest BCUT2D eigenvalue weighted by Crippen LogP contribution is 2.16. The Hall–Kier alpha value is -0.830. The van der Waals surface area contributed by atoms with Crippen LogP contribution in [0, 0.1) is 0 Å². The predicted molar refractivity (Wildman–Crippen MR) is 48.2 cm³/mol. The first-order chi connectivity index (χ1) is 5.71. The van der Waals surface area contributed by atoms with Crippen LogP contribution in [-0.2, 0) is 9.63 Å². The van der Waals surface area contributed by atoms with Crippen LogP contribution in [0.2, 0.25) is 0 Å². The van der Waals surface area contributed by atoms with E-state index in [0.717, 1.165) is 24.0 Å². The molecule has 12 heavy (non-hydrogen) atoms. The quantitative estimate of drug-likeness (QED) is 0.519. The largest absolute Gasteiger partial charge is 0.370 e. The van der Waals surface area contributed by atoms with Crippen molar-refractivity contribution in [3.05, 3.63) is 11.1 Å². The number of hydrogen-bond acceptors (Lipinski definition) is 3. The van der Waals surface area contributed by atoms with Crippen LogP contribution < -0.4 is 5.90 Å². The first-order valence-electron chi connectivity index (χ1n) is 4.33. The molecule has 0 aromatic rings. The van der Waals surface area contributed by atoms with Gasteiger partial charge in [-0.2, -0.15) is 5.90 Å². The van der Waals surface area contributed by atoms with E-state index in [1.165, 1.54) is 0 Å². The summed E-state index contributed by atoms with van der Waals surface area (Å²) in [5, 5.41) is 0. The van der Waals surface area contributed by atoms with Gasteiger partial charge < -0.3 is 4.84 Å². The average Bonchev–Trinajstić information content (AvgIpc) is 2.12. The summed E-state index contributed by atoms with van der Waals surface area (Å²) in [4.78, 5) is 15.3. The second-order valence-electron chi connectivity index (χ2n) is 2.55. The Morgan fingerprint density at radius 3 is 1.92 bits per heavy atom. The number of rotatable bonds is 4. The number of allylic oxidation sites excluding steroid dienone is 1. The molecule has 0 rings (SSSR count). The van der Waals surface area contributed by atoms with E-state index >= 15 is 0 Å². The molecule has 0 radical (unpaired) electrons. The van der Waals surface area contributed by atoms with Crippen LogP contribution in [0.4, 0.5) is 0 Å². The van der Waals surface area contributed by atoms with Crippen molar-refractivity contribution in [3.8, 4) is 0 Å². The minimum Gasteiger partial charge on any atom is -0.370 e. The molecule has 70 valence electrons. The molecule has 0 aliphatic carbocycles. The topological polar surface area (TPSA) is 52.3 Å². The molecule has 0 fully saturated rings. The maximum absolute atomic E-state index is 11.1. The zero-order valence-electron chi connectivity index (χ0n) is 8.02. The van der Waals surface area contributed by atoms with Crippen molar-refractivity contribution < 1.29 is 9.63 Å². The van der Waals surface area contributed by atoms with Crippen molar-refractivity contribution in [1.82, 2.24) is 0 Å². The van der Waals surface area contributed by atoms with E-state index < -0.39 is 5.97 Å². The lowest BCUT2D eigenvalue weighted by Gasteiger charge is -2.07. The molecule has 0 aromatic heterocycles. The minimum absolute atomic E-state index is 0.392. The normalized spacial score (nSPS) is 9.33. The van der Waals surface area contributed by atoms with Crippen LogP contribution >= 0.6 is 0 Å². The molecule has 0 aromatic carbocycles. The SMILES string of the molecule is CCC(CC)=C(CC)C(=O)ON. The van der Waals surface area contributed by atoms with Gasteiger partial charge in [0.2, 0.25) is 0 Å². The summed E-state index contributed by atoms with van der Waals surface area (Å²) in [6, 6.07) is 0. The van der Waals surface area contributed by atoms with Gasteiger partial charge in [0.05, 0.1) is 0 Å². The summed E-state index contributed by atoms with van der Waals surface area (Å²) >= 11 is 0. The molecule has 0 heterocycles. The van der Waals surface area contributed by atoms with Crippen LogP contribution in [0.3, 0.4) is 0 Å². The zero-order valence-corrected chi connectivity index (χ0v) is 8.02. The lowest BCUT2D eigenvalue weighted by molar-refractivity contribution is -0.139. The Balaban J connectivity index is 4.68. The first kappa shape index (κ1) is 11.2. The highest BCUT2D eigenvalue weighted by Gasteiger charge is 2.11. The van der Waals surface area contributed by atoms with Crippen LogP contribution in [0.1, 0.15) is 40.0 Å². The van der Waals surface area contributed by atoms with Gasteiger partial charge in [-0.1, -0.05) is 26.3 Å². The van der Waals surface area contributed by atoms with Crippen molar-refractivity contribution in [2.24, 2.45) is 5.90 Å². The summed E-state index contributed by atoms with van der Waals surface area (Å²) < 4.78 is 0. The monoisotopic (exact) mass is 171 g/mol. The van der Waals surface area contributed by atoms with Gasteiger partial charge in [-0.15, -0.1) is 0 Å². The highest BCUT2D eigenvalue weighted by atomic mass is 16.7. The predicted octanol–water partition coefficient (Wildman–Crippen LogP) is 1.93. The smallest absolute Gasteiger partial charge is 0.352 e. The summed E-state index contributed by atoms with van der Waals surface area (Å²) in [5.74, 6) is 4.42. The summed E-state index contributed by atoms with van der Waals surface area (Å²) in [6.45, 7) is 5.98. The molecule has 0 saturated heterocycles. The molecule has 0 spiro atoms. The van der Waals surface area contributed by atoms with Gasteiger partial charge >= 0.3 is 5.97 Å². The Labute approximate surface area is 73.5 Å². The number of nitrogens with two attached hydrogens (primary N) is 1. The fourth-order valence-corrected chi connectivity index (χ4v) is 1.29. The summed E-state index contributed by atoms with van der Waals surface area (Å²) in [5.41, 5.74) is 1.86. The highest BCUT2D eigenvalue weighted by molar-refractivity contribution is 5.88. The molecule has 3 nitrogen and oxygen atoms in total. The molecule has 0 aliphatic heterocycles. The van der Waals surface area contributed by atoms with Crippen molar-refractivity contribution in [2.75, 3.05) is 0 Å². The lowest BCUT2D eigenvalue weighted by Crippen LogP contribution is -2.13. The fraction of sp³-hybridized carbons (Fsp3) is 0.667. The van der Waals surface area contributed by atoms with Gasteiger partial charge in [0.1, 0.15) is 0 Å². The third-order valence-electron chi connectivity index (χ3n) is 1.99. The van der Waals surface area contributed by atoms with Crippen molar-refractivity contribution in [3.63, 3.8) is 0 Å². The van der Waals surface area contributed by atoms with E-state index in [1.54, 1.807) is 0 Å². The zero-order chi connectivity index (χ0) is 9.56. The fourth-order valence-electron chi connectivity index (χ4n) is 1.29. The van der Waals surface area contributed by atoms with E-state index in [0.29, 0.717) is 6.42 Å². The Morgan fingerprint density at radius 1 is 1.17 bits per heavy atom. The van der Waals surface area contributed by atoms with Crippen LogP contribution in [0.15, 0.2) is 11.1 Å². The summed E-state index contributed by atoms with van der Waals surface area (Å²) in [6.07, 6.45) is 2.45. The Bertz CT molecular complexity index is 179. The second-order valence-corrected chi connectivity index (χ2v) is 2.55. The molecule has 0 aliphatic rings. The third kappa shape index (κ3) is 2.66. The van der Waals surface area contributed by atoms with Crippen molar-refractivity contribution in [1.29, 1.82) is 0 Å². The van der Waals surface area contributed by atoms with Crippen LogP contribution in [0.5, 0.6) is 0 Å². The maximum atomic E-state index is 11.1. The van der Waals surface area contributed by atoms with E-state index in [2.05, 4.69) is 4.84 Å². The van der Waals surface area contributed by atoms with E-state index in [4.69, 9.17) is 5.90 Å². The summed E-state index contributed by atoms with van der Waals surface area (Å²) in [7, 11) is 0.